The molecule has 1 atom stereocenters. The lowest BCUT2D eigenvalue weighted by atomic mass is 10.1. The molecule has 0 fully saturated rings. The molecule has 0 aliphatic carbocycles. The van der Waals surface area contributed by atoms with Gasteiger partial charge < -0.3 is 10.0 Å². The summed E-state index contributed by atoms with van der Waals surface area (Å²) in [5.74, 6) is -0.733. The first-order chi connectivity index (χ1) is 9.54. The molecule has 20 heavy (non-hydrogen) atoms. The second-order valence-electron chi connectivity index (χ2n) is 5.52. The molecule has 112 valence electrons. The fourth-order valence-corrected chi connectivity index (χ4v) is 2.40. The number of anilines is 1. The standard InChI is InChI=1S/C17H27NO2/c1-4-5-6-7-15(3)18(13-12-17(19)20)16-10-8-14(2)9-11-16/h8-11,15H,4-7,12-13H2,1-3H3,(H,19,20). The summed E-state index contributed by atoms with van der Waals surface area (Å²) in [6, 6.07) is 8.73. The van der Waals surface area contributed by atoms with Gasteiger partial charge in [0, 0.05) is 18.3 Å². The Morgan fingerprint density at radius 2 is 1.90 bits per heavy atom. The summed E-state index contributed by atoms with van der Waals surface area (Å²) in [6.07, 6.45) is 4.96. The maximum absolute atomic E-state index is 10.8. The second kappa shape index (κ2) is 8.62. The van der Waals surface area contributed by atoms with Gasteiger partial charge in [-0.15, -0.1) is 0 Å². The van der Waals surface area contributed by atoms with E-state index in [1.165, 1.54) is 24.8 Å². The van der Waals surface area contributed by atoms with Crippen molar-refractivity contribution in [2.24, 2.45) is 0 Å². The monoisotopic (exact) mass is 277 g/mol. The molecule has 0 amide bonds. The van der Waals surface area contributed by atoms with E-state index in [-0.39, 0.29) is 6.42 Å². The zero-order valence-electron chi connectivity index (χ0n) is 12.9. The Hall–Kier alpha value is -1.51. The van der Waals surface area contributed by atoms with Crippen molar-refractivity contribution in [1.82, 2.24) is 0 Å². The van der Waals surface area contributed by atoms with Gasteiger partial charge in [0.05, 0.1) is 6.42 Å². The topological polar surface area (TPSA) is 40.5 Å². The molecule has 0 aliphatic rings. The predicted octanol–water partition coefficient (Wildman–Crippen LogP) is 4.24. The molecule has 0 spiro atoms. The quantitative estimate of drug-likeness (QED) is 0.686. The normalized spacial score (nSPS) is 12.2. The summed E-state index contributed by atoms with van der Waals surface area (Å²) in [6.45, 7) is 7.03. The lowest BCUT2D eigenvalue weighted by Gasteiger charge is -2.31. The summed E-state index contributed by atoms with van der Waals surface area (Å²) in [5.41, 5.74) is 2.35. The van der Waals surface area contributed by atoms with Gasteiger partial charge in [0.1, 0.15) is 0 Å². The largest absolute Gasteiger partial charge is 0.481 e. The van der Waals surface area contributed by atoms with Crippen molar-refractivity contribution in [3.63, 3.8) is 0 Å². The Bertz CT molecular complexity index is 400. The van der Waals surface area contributed by atoms with Crippen LogP contribution >= 0.6 is 0 Å². The van der Waals surface area contributed by atoms with E-state index >= 15 is 0 Å². The fourth-order valence-electron chi connectivity index (χ4n) is 2.40. The van der Waals surface area contributed by atoms with Crippen LogP contribution < -0.4 is 4.90 Å². The number of benzene rings is 1. The average molecular weight is 277 g/mol. The van der Waals surface area contributed by atoms with Crippen LogP contribution in [0.1, 0.15) is 51.5 Å². The Balaban J connectivity index is 2.72. The number of carboxylic acid groups (broad SMARTS) is 1. The van der Waals surface area contributed by atoms with Gasteiger partial charge in [-0.25, -0.2) is 0 Å². The van der Waals surface area contributed by atoms with Crippen LogP contribution in [0.25, 0.3) is 0 Å². The third kappa shape index (κ3) is 5.64. The van der Waals surface area contributed by atoms with Crippen LogP contribution in [-0.4, -0.2) is 23.7 Å². The van der Waals surface area contributed by atoms with E-state index in [1.54, 1.807) is 0 Å². The van der Waals surface area contributed by atoms with Gasteiger partial charge in [-0.2, -0.15) is 0 Å². The van der Waals surface area contributed by atoms with E-state index in [2.05, 4.69) is 49.9 Å². The van der Waals surface area contributed by atoms with E-state index in [0.29, 0.717) is 12.6 Å². The van der Waals surface area contributed by atoms with Crippen LogP contribution in [0.5, 0.6) is 0 Å². The number of rotatable bonds is 9. The average Bonchev–Trinajstić information content (AvgIpc) is 2.41. The van der Waals surface area contributed by atoms with Crippen molar-refractivity contribution < 1.29 is 9.90 Å². The lowest BCUT2D eigenvalue weighted by molar-refractivity contribution is -0.136. The van der Waals surface area contributed by atoms with E-state index < -0.39 is 5.97 Å². The Morgan fingerprint density at radius 3 is 2.45 bits per heavy atom. The molecule has 0 bridgehead atoms. The van der Waals surface area contributed by atoms with E-state index in [9.17, 15) is 4.79 Å². The summed E-state index contributed by atoms with van der Waals surface area (Å²) in [4.78, 5) is 13.1. The Morgan fingerprint density at radius 1 is 1.25 bits per heavy atom. The van der Waals surface area contributed by atoms with Crippen molar-refractivity contribution in [3.05, 3.63) is 29.8 Å². The van der Waals surface area contributed by atoms with Crippen molar-refractivity contribution in [1.29, 1.82) is 0 Å². The predicted molar refractivity (Wildman–Crippen MR) is 84.4 cm³/mol. The van der Waals surface area contributed by atoms with Crippen LogP contribution in [-0.2, 0) is 4.79 Å². The van der Waals surface area contributed by atoms with Crippen LogP contribution in [0, 0.1) is 6.92 Å². The minimum Gasteiger partial charge on any atom is -0.481 e. The molecule has 0 saturated heterocycles. The highest BCUT2D eigenvalue weighted by molar-refractivity contribution is 5.67. The Kier molecular flexibility index (Phi) is 7.13. The molecular formula is C17H27NO2. The maximum atomic E-state index is 10.8. The zero-order chi connectivity index (χ0) is 15.0. The second-order valence-corrected chi connectivity index (χ2v) is 5.52. The molecule has 1 aromatic carbocycles. The van der Waals surface area contributed by atoms with Gasteiger partial charge in [-0.3, -0.25) is 4.79 Å². The maximum Gasteiger partial charge on any atom is 0.305 e. The third-order valence-electron chi connectivity index (χ3n) is 3.69. The molecule has 1 rings (SSSR count). The molecule has 0 aliphatic heterocycles. The number of hydrogen-bond acceptors (Lipinski definition) is 2. The van der Waals surface area contributed by atoms with E-state index in [0.717, 1.165) is 12.1 Å². The third-order valence-corrected chi connectivity index (χ3v) is 3.69. The highest BCUT2D eigenvalue weighted by Crippen LogP contribution is 2.21. The first-order valence-electron chi connectivity index (χ1n) is 7.59. The van der Waals surface area contributed by atoms with Crippen LogP contribution in [0.4, 0.5) is 5.69 Å². The van der Waals surface area contributed by atoms with Gasteiger partial charge in [-0.05, 0) is 32.4 Å². The van der Waals surface area contributed by atoms with Gasteiger partial charge in [0.15, 0.2) is 0 Å². The molecule has 0 aromatic heterocycles. The molecule has 0 saturated carbocycles. The molecular weight excluding hydrogens is 250 g/mol. The van der Waals surface area contributed by atoms with Crippen molar-refractivity contribution >= 4 is 11.7 Å². The molecule has 1 aromatic rings. The summed E-state index contributed by atoms with van der Waals surface area (Å²) in [5, 5.41) is 8.92. The summed E-state index contributed by atoms with van der Waals surface area (Å²) >= 11 is 0. The lowest BCUT2D eigenvalue weighted by Crippen LogP contribution is -2.35. The zero-order valence-corrected chi connectivity index (χ0v) is 12.9. The number of aliphatic carboxylic acids is 1. The van der Waals surface area contributed by atoms with Gasteiger partial charge in [0.25, 0.3) is 0 Å². The van der Waals surface area contributed by atoms with E-state index in [1.807, 2.05) is 0 Å². The first-order valence-corrected chi connectivity index (χ1v) is 7.59. The fraction of sp³-hybridized carbons (Fsp3) is 0.588. The minimum absolute atomic E-state index is 0.187. The van der Waals surface area contributed by atoms with Gasteiger partial charge in [0.2, 0.25) is 0 Å². The molecule has 1 unspecified atom stereocenters. The number of hydrogen-bond donors (Lipinski definition) is 1. The number of nitrogens with zero attached hydrogens (tertiary/aromatic N) is 1. The minimum atomic E-state index is -0.733. The highest BCUT2D eigenvalue weighted by Gasteiger charge is 2.15. The first kappa shape index (κ1) is 16.5. The van der Waals surface area contributed by atoms with Crippen molar-refractivity contribution in [3.8, 4) is 0 Å². The van der Waals surface area contributed by atoms with Crippen LogP contribution in [0.3, 0.4) is 0 Å². The number of unbranched alkanes of at least 4 members (excludes halogenated alkanes) is 2. The van der Waals surface area contributed by atoms with Crippen molar-refractivity contribution in [2.45, 2.75) is 58.9 Å². The van der Waals surface area contributed by atoms with Crippen molar-refractivity contribution in [2.75, 3.05) is 11.4 Å². The van der Waals surface area contributed by atoms with Gasteiger partial charge >= 0.3 is 5.97 Å². The molecule has 0 radical (unpaired) electrons. The number of carboxylic acids is 1. The number of carbonyl (C=O) groups is 1. The summed E-state index contributed by atoms with van der Waals surface area (Å²) in [7, 11) is 0. The van der Waals surface area contributed by atoms with E-state index in [4.69, 9.17) is 5.11 Å². The smallest absolute Gasteiger partial charge is 0.305 e. The number of aryl methyl sites for hydroxylation is 1. The van der Waals surface area contributed by atoms with Crippen LogP contribution in [0.2, 0.25) is 0 Å². The Labute approximate surface area is 122 Å². The molecule has 3 nitrogen and oxygen atoms in total. The van der Waals surface area contributed by atoms with Crippen LogP contribution in [0.15, 0.2) is 24.3 Å². The molecule has 3 heteroatoms. The SMILES string of the molecule is CCCCCC(C)N(CCC(=O)O)c1ccc(C)cc1. The van der Waals surface area contributed by atoms with Gasteiger partial charge in [-0.1, -0.05) is 43.9 Å². The molecule has 0 heterocycles. The summed E-state index contributed by atoms with van der Waals surface area (Å²) < 4.78 is 0. The highest BCUT2D eigenvalue weighted by atomic mass is 16.4. The molecule has 1 N–H and O–H groups in total.